The Morgan fingerprint density at radius 1 is 1.18 bits per heavy atom. The molecule has 1 fully saturated rings. The van der Waals surface area contributed by atoms with Crippen molar-refractivity contribution in [2.75, 3.05) is 19.6 Å². The first kappa shape index (κ1) is 20.2. The number of hydrogen-bond acceptors (Lipinski definition) is 4. The number of ether oxygens (including phenoxy) is 1. The van der Waals surface area contributed by atoms with Gasteiger partial charge in [0.1, 0.15) is 5.75 Å². The van der Waals surface area contributed by atoms with Crippen LogP contribution in [0.1, 0.15) is 18.1 Å². The monoisotopic (exact) mass is 402 g/mol. The Kier molecular flexibility index (Phi) is 6.54. The molecule has 0 radical (unpaired) electrons. The zero-order chi connectivity index (χ0) is 20.1. The van der Waals surface area contributed by atoms with Crippen LogP contribution in [0.2, 0.25) is 5.02 Å². The average molecular weight is 403 g/mol. The van der Waals surface area contributed by atoms with E-state index in [1.165, 1.54) is 6.92 Å². The molecule has 0 bridgehead atoms. The molecule has 1 saturated heterocycles. The van der Waals surface area contributed by atoms with Crippen molar-refractivity contribution in [1.29, 1.82) is 0 Å². The molecule has 148 valence electrons. The third-order valence-corrected chi connectivity index (χ3v) is 4.92. The highest BCUT2D eigenvalue weighted by molar-refractivity contribution is 6.30. The summed E-state index contributed by atoms with van der Waals surface area (Å²) in [5.74, 6) is -0.498. The second-order valence-corrected chi connectivity index (χ2v) is 7.30. The minimum Gasteiger partial charge on any atom is -0.479 e. The van der Waals surface area contributed by atoms with Gasteiger partial charge < -0.3 is 14.7 Å². The van der Waals surface area contributed by atoms with Crippen molar-refractivity contribution in [2.24, 2.45) is 0 Å². The predicted molar refractivity (Wildman–Crippen MR) is 106 cm³/mol. The number of carboxylic acids is 1. The van der Waals surface area contributed by atoms with Crippen LogP contribution in [-0.2, 0) is 22.7 Å². The molecule has 3 rings (SSSR count). The fourth-order valence-electron chi connectivity index (χ4n) is 3.13. The second-order valence-electron chi connectivity index (χ2n) is 6.86. The summed E-state index contributed by atoms with van der Waals surface area (Å²) in [6.07, 6.45) is -0.968. The van der Waals surface area contributed by atoms with Crippen molar-refractivity contribution in [3.05, 3.63) is 64.7 Å². The molecule has 1 amide bonds. The molecule has 7 heteroatoms. The van der Waals surface area contributed by atoms with E-state index in [0.717, 1.165) is 17.7 Å². The molecule has 28 heavy (non-hydrogen) atoms. The van der Waals surface area contributed by atoms with Gasteiger partial charge in [0.15, 0.2) is 6.10 Å². The van der Waals surface area contributed by atoms with E-state index in [9.17, 15) is 9.59 Å². The summed E-state index contributed by atoms with van der Waals surface area (Å²) in [6.45, 7) is 4.21. The molecule has 1 atom stereocenters. The number of aliphatic carboxylic acids is 1. The first-order valence-electron chi connectivity index (χ1n) is 9.14. The minimum atomic E-state index is -1.04. The lowest BCUT2D eigenvalue weighted by Gasteiger charge is -2.34. The molecule has 1 aliphatic rings. The van der Waals surface area contributed by atoms with Crippen LogP contribution in [0.3, 0.4) is 0 Å². The summed E-state index contributed by atoms with van der Waals surface area (Å²) in [6, 6.07) is 15.0. The molecule has 0 spiro atoms. The second kappa shape index (κ2) is 9.08. The van der Waals surface area contributed by atoms with Gasteiger partial charge in [0.2, 0.25) is 5.91 Å². The standard InChI is InChI=1S/C21H23ClN2O4/c1-15(21(26)27)28-19-8-7-18(22)11-17(19)13-23-9-10-24(20(25)14-23)12-16-5-3-2-4-6-16/h2-8,11,15H,9-10,12-14H2,1H3,(H,26,27)/t15-/m0/s1. The number of piperazine rings is 1. The first-order valence-corrected chi connectivity index (χ1v) is 9.52. The number of carbonyl (C=O) groups is 2. The third-order valence-electron chi connectivity index (χ3n) is 4.68. The van der Waals surface area contributed by atoms with Crippen LogP contribution in [0, 0.1) is 0 Å². The van der Waals surface area contributed by atoms with Crippen molar-refractivity contribution in [3.8, 4) is 5.75 Å². The Morgan fingerprint density at radius 2 is 1.93 bits per heavy atom. The van der Waals surface area contributed by atoms with E-state index >= 15 is 0 Å². The topological polar surface area (TPSA) is 70.1 Å². The third kappa shape index (κ3) is 5.24. The van der Waals surface area contributed by atoms with Crippen LogP contribution >= 0.6 is 11.6 Å². The number of hydrogen-bond donors (Lipinski definition) is 1. The maximum absolute atomic E-state index is 12.6. The van der Waals surface area contributed by atoms with Crippen molar-refractivity contribution in [3.63, 3.8) is 0 Å². The Labute approximate surface area is 169 Å². The molecule has 0 aliphatic carbocycles. The highest BCUT2D eigenvalue weighted by Crippen LogP contribution is 2.26. The number of rotatable bonds is 7. The van der Waals surface area contributed by atoms with Crippen molar-refractivity contribution < 1.29 is 19.4 Å². The summed E-state index contributed by atoms with van der Waals surface area (Å²) in [7, 11) is 0. The van der Waals surface area contributed by atoms with E-state index in [1.807, 2.05) is 40.1 Å². The van der Waals surface area contributed by atoms with Crippen molar-refractivity contribution in [2.45, 2.75) is 26.1 Å². The Hall–Kier alpha value is -2.57. The molecule has 2 aromatic carbocycles. The maximum Gasteiger partial charge on any atom is 0.344 e. The summed E-state index contributed by atoms with van der Waals surface area (Å²) in [5, 5.41) is 9.62. The van der Waals surface area contributed by atoms with Gasteiger partial charge in [0, 0.05) is 36.8 Å². The molecule has 0 unspecified atom stereocenters. The summed E-state index contributed by atoms with van der Waals surface area (Å²) >= 11 is 6.11. The van der Waals surface area contributed by atoms with Gasteiger partial charge >= 0.3 is 5.97 Å². The van der Waals surface area contributed by atoms with E-state index < -0.39 is 12.1 Å². The summed E-state index contributed by atoms with van der Waals surface area (Å²) < 4.78 is 5.55. The van der Waals surface area contributed by atoms with Crippen LogP contribution < -0.4 is 4.74 Å². The molecular weight excluding hydrogens is 380 g/mol. The van der Waals surface area contributed by atoms with Crippen molar-refractivity contribution >= 4 is 23.5 Å². The van der Waals surface area contributed by atoms with Gasteiger partial charge in [-0.15, -0.1) is 0 Å². The molecule has 0 saturated carbocycles. The van der Waals surface area contributed by atoms with Crippen LogP contribution in [0.5, 0.6) is 5.75 Å². The van der Waals surface area contributed by atoms with Crippen LogP contribution in [0.25, 0.3) is 0 Å². The highest BCUT2D eigenvalue weighted by Gasteiger charge is 2.25. The zero-order valence-electron chi connectivity index (χ0n) is 15.7. The quantitative estimate of drug-likeness (QED) is 0.770. The van der Waals surface area contributed by atoms with Crippen LogP contribution in [0.4, 0.5) is 0 Å². The first-order chi connectivity index (χ1) is 13.4. The fraction of sp³-hybridized carbons (Fsp3) is 0.333. The van der Waals surface area contributed by atoms with Gasteiger partial charge in [-0.3, -0.25) is 9.69 Å². The number of benzene rings is 2. The normalized spacial score (nSPS) is 16.1. The van der Waals surface area contributed by atoms with E-state index in [-0.39, 0.29) is 5.91 Å². The SMILES string of the molecule is C[C@H](Oc1ccc(Cl)cc1CN1CCN(Cc2ccccc2)C(=O)C1)C(=O)O. The molecule has 6 nitrogen and oxygen atoms in total. The number of carbonyl (C=O) groups excluding carboxylic acids is 1. The maximum atomic E-state index is 12.6. The molecule has 0 aromatic heterocycles. The number of nitrogens with zero attached hydrogens (tertiary/aromatic N) is 2. The van der Waals surface area contributed by atoms with E-state index in [4.69, 9.17) is 21.4 Å². The van der Waals surface area contributed by atoms with Gasteiger partial charge in [-0.1, -0.05) is 41.9 Å². The zero-order valence-corrected chi connectivity index (χ0v) is 16.4. The molecule has 1 N–H and O–H groups in total. The van der Waals surface area contributed by atoms with Crippen LogP contribution in [-0.4, -0.2) is 52.5 Å². The molecular formula is C21H23ClN2O4. The van der Waals surface area contributed by atoms with Gasteiger partial charge in [0.25, 0.3) is 0 Å². The predicted octanol–water partition coefficient (Wildman–Crippen LogP) is 3.04. The lowest BCUT2D eigenvalue weighted by molar-refractivity contribution is -0.144. The number of amides is 1. The highest BCUT2D eigenvalue weighted by atomic mass is 35.5. The Bertz CT molecular complexity index is 844. The molecule has 2 aromatic rings. The van der Waals surface area contributed by atoms with Crippen LogP contribution in [0.15, 0.2) is 48.5 Å². The lowest BCUT2D eigenvalue weighted by Crippen LogP contribution is -2.49. The summed E-state index contributed by atoms with van der Waals surface area (Å²) in [5.41, 5.74) is 1.88. The molecule has 1 aliphatic heterocycles. The van der Waals surface area contributed by atoms with Gasteiger partial charge in [-0.25, -0.2) is 4.79 Å². The average Bonchev–Trinajstić information content (AvgIpc) is 2.67. The van der Waals surface area contributed by atoms with E-state index in [1.54, 1.807) is 18.2 Å². The minimum absolute atomic E-state index is 0.0681. The van der Waals surface area contributed by atoms with E-state index in [0.29, 0.717) is 37.0 Å². The fourth-order valence-corrected chi connectivity index (χ4v) is 3.33. The van der Waals surface area contributed by atoms with Crippen molar-refractivity contribution in [1.82, 2.24) is 9.80 Å². The lowest BCUT2D eigenvalue weighted by atomic mass is 10.1. The number of halogens is 1. The largest absolute Gasteiger partial charge is 0.479 e. The van der Waals surface area contributed by atoms with Gasteiger partial charge in [-0.2, -0.15) is 0 Å². The Morgan fingerprint density at radius 3 is 2.61 bits per heavy atom. The van der Waals surface area contributed by atoms with Gasteiger partial charge in [0.05, 0.1) is 6.54 Å². The smallest absolute Gasteiger partial charge is 0.344 e. The molecule has 1 heterocycles. The summed E-state index contributed by atoms with van der Waals surface area (Å²) in [4.78, 5) is 27.5. The van der Waals surface area contributed by atoms with Gasteiger partial charge in [-0.05, 0) is 30.7 Å². The number of carboxylic acid groups (broad SMARTS) is 1. The Balaban J connectivity index is 1.64. The van der Waals surface area contributed by atoms with E-state index in [2.05, 4.69) is 0 Å².